The van der Waals surface area contributed by atoms with E-state index < -0.39 is 5.54 Å². The number of aliphatic hydroxyl groups excluding tert-OH is 1. The highest BCUT2D eigenvalue weighted by Crippen LogP contribution is 2.29. The van der Waals surface area contributed by atoms with Gasteiger partial charge in [-0.05, 0) is 25.0 Å². The lowest BCUT2D eigenvalue weighted by molar-refractivity contribution is 0.0838. The van der Waals surface area contributed by atoms with E-state index in [0.717, 1.165) is 31.2 Å². The van der Waals surface area contributed by atoms with Crippen LogP contribution in [0.15, 0.2) is 30.6 Å². The Morgan fingerprint density at radius 1 is 1.32 bits per heavy atom. The van der Waals surface area contributed by atoms with Crippen LogP contribution in [-0.4, -0.2) is 37.9 Å². The minimum atomic E-state index is -0.446. The molecule has 1 aliphatic carbocycles. The predicted molar refractivity (Wildman–Crippen MR) is 82.2 cm³/mol. The van der Waals surface area contributed by atoms with Crippen molar-refractivity contribution in [2.75, 3.05) is 6.61 Å². The number of carbonyl (C=O) groups excluding carboxylic acids is 1. The largest absolute Gasteiger partial charge is 0.394 e. The van der Waals surface area contributed by atoms with Crippen LogP contribution in [0.4, 0.5) is 0 Å². The fraction of sp³-hybridized carbons (Fsp3) is 0.438. The lowest BCUT2D eigenvalue weighted by atomic mass is 9.98. The summed E-state index contributed by atoms with van der Waals surface area (Å²) in [5.74, 6) is 0.494. The molecule has 6 nitrogen and oxygen atoms in total. The van der Waals surface area contributed by atoms with Crippen LogP contribution < -0.4 is 5.32 Å². The standard InChI is InChI=1S/C16H20N4O2/c1-20-11-17-14(19-20)12-4-6-13(7-5-12)15(22)18-16(10-21)8-2-3-9-16/h4-7,11,21H,2-3,8-10H2,1H3,(H,18,22). The van der Waals surface area contributed by atoms with E-state index >= 15 is 0 Å². The van der Waals surface area contributed by atoms with Crippen molar-refractivity contribution in [2.24, 2.45) is 7.05 Å². The minimum absolute atomic E-state index is 0.00528. The molecule has 2 N–H and O–H groups in total. The summed E-state index contributed by atoms with van der Waals surface area (Å²) in [4.78, 5) is 16.5. The Labute approximate surface area is 129 Å². The molecule has 0 unspecified atom stereocenters. The zero-order chi connectivity index (χ0) is 15.6. The van der Waals surface area contributed by atoms with Crippen LogP contribution in [0.3, 0.4) is 0 Å². The van der Waals surface area contributed by atoms with Gasteiger partial charge in [0.25, 0.3) is 5.91 Å². The molecule has 6 heteroatoms. The number of aryl methyl sites for hydroxylation is 1. The summed E-state index contributed by atoms with van der Waals surface area (Å²) in [6.45, 7) is -0.00528. The molecule has 1 aliphatic rings. The summed E-state index contributed by atoms with van der Waals surface area (Å²) >= 11 is 0. The van der Waals surface area contributed by atoms with E-state index in [1.807, 2.05) is 19.2 Å². The average molecular weight is 300 g/mol. The summed E-state index contributed by atoms with van der Waals surface area (Å²) < 4.78 is 1.64. The first-order valence-electron chi connectivity index (χ1n) is 7.51. The zero-order valence-corrected chi connectivity index (χ0v) is 12.6. The van der Waals surface area contributed by atoms with Crippen molar-refractivity contribution in [3.63, 3.8) is 0 Å². The van der Waals surface area contributed by atoms with E-state index in [2.05, 4.69) is 15.4 Å². The van der Waals surface area contributed by atoms with Crippen LogP contribution in [-0.2, 0) is 7.05 Å². The number of nitrogens with one attached hydrogen (secondary N) is 1. The van der Waals surface area contributed by atoms with E-state index in [4.69, 9.17) is 0 Å². The number of aliphatic hydroxyl groups is 1. The van der Waals surface area contributed by atoms with Gasteiger partial charge in [0.1, 0.15) is 6.33 Å². The summed E-state index contributed by atoms with van der Waals surface area (Å²) in [6.07, 6.45) is 5.41. The van der Waals surface area contributed by atoms with Crippen LogP contribution >= 0.6 is 0 Å². The molecule has 0 atom stereocenters. The van der Waals surface area contributed by atoms with Crippen molar-refractivity contribution in [1.29, 1.82) is 0 Å². The molecule has 1 aromatic heterocycles. The lowest BCUT2D eigenvalue weighted by Gasteiger charge is -2.28. The second-order valence-corrected chi connectivity index (χ2v) is 5.92. The van der Waals surface area contributed by atoms with Crippen molar-refractivity contribution in [2.45, 2.75) is 31.2 Å². The van der Waals surface area contributed by atoms with Crippen LogP contribution in [0.1, 0.15) is 36.0 Å². The topological polar surface area (TPSA) is 80.0 Å². The molecule has 0 spiro atoms. The van der Waals surface area contributed by atoms with Gasteiger partial charge in [0.2, 0.25) is 0 Å². The zero-order valence-electron chi connectivity index (χ0n) is 12.6. The Hall–Kier alpha value is -2.21. The molecule has 1 heterocycles. The Balaban J connectivity index is 1.73. The van der Waals surface area contributed by atoms with Crippen molar-refractivity contribution < 1.29 is 9.90 Å². The smallest absolute Gasteiger partial charge is 0.251 e. The highest BCUT2D eigenvalue weighted by atomic mass is 16.3. The van der Waals surface area contributed by atoms with Crippen molar-refractivity contribution in [3.8, 4) is 11.4 Å². The summed E-state index contributed by atoms with van der Waals surface area (Å²) in [6, 6.07) is 7.21. The Morgan fingerprint density at radius 2 is 2.00 bits per heavy atom. The number of hydrogen-bond donors (Lipinski definition) is 2. The van der Waals surface area contributed by atoms with Gasteiger partial charge in [0, 0.05) is 18.2 Å². The van der Waals surface area contributed by atoms with Crippen molar-refractivity contribution in [3.05, 3.63) is 36.2 Å². The Kier molecular flexibility index (Phi) is 3.94. The number of carbonyl (C=O) groups is 1. The lowest BCUT2D eigenvalue weighted by Crippen LogP contribution is -2.49. The summed E-state index contributed by atoms with van der Waals surface area (Å²) in [7, 11) is 1.81. The molecule has 1 amide bonds. The number of benzene rings is 1. The maximum absolute atomic E-state index is 12.4. The molecular formula is C16H20N4O2. The Bertz CT molecular complexity index is 657. The van der Waals surface area contributed by atoms with Gasteiger partial charge in [-0.15, -0.1) is 0 Å². The number of amides is 1. The highest BCUT2D eigenvalue weighted by molar-refractivity contribution is 5.95. The Morgan fingerprint density at radius 3 is 2.55 bits per heavy atom. The van der Waals surface area contributed by atoms with E-state index in [1.54, 1.807) is 23.1 Å². The first-order valence-corrected chi connectivity index (χ1v) is 7.51. The van der Waals surface area contributed by atoms with Crippen LogP contribution in [0.5, 0.6) is 0 Å². The molecule has 0 saturated heterocycles. The van der Waals surface area contributed by atoms with Gasteiger partial charge in [0.15, 0.2) is 5.82 Å². The quantitative estimate of drug-likeness (QED) is 0.897. The first-order chi connectivity index (χ1) is 10.6. The van der Waals surface area contributed by atoms with E-state index in [1.165, 1.54) is 0 Å². The maximum Gasteiger partial charge on any atom is 0.251 e. The van der Waals surface area contributed by atoms with Crippen LogP contribution in [0.25, 0.3) is 11.4 Å². The van der Waals surface area contributed by atoms with Gasteiger partial charge in [-0.2, -0.15) is 5.10 Å². The van der Waals surface area contributed by atoms with Crippen LogP contribution in [0.2, 0.25) is 0 Å². The molecule has 3 rings (SSSR count). The molecule has 2 aromatic rings. The van der Waals surface area contributed by atoms with Gasteiger partial charge >= 0.3 is 0 Å². The van der Waals surface area contributed by atoms with Crippen molar-refractivity contribution in [1.82, 2.24) is 20.1 Å². The number of hydrogen-bond acceptors (Lipinski definition) is 4. The van der Waals surface area contributed by atoms with E-state index in [-0.39, 0.29) is 12.5 Å². The van der Waals surface area contributed by atoms with Gasteiger partial charge in [-0.3, -0.25) is 9.48 Å². The van der Waals surface area contributed by atoms with Crippen molar-refractivity contribution >= 4 is 5.91 Å². The van der Waals surface area contributed by atoms with Gasteiger partial charge < -0.3 is 10.4 Å². The molecule has 0 radical (unpaired) electrons. The molecule has 0 bridgehead atoms. The highest BCUT2D eigenvalue weighted by Gasteiger charge is 2.34. The minimum Gasteiger partial charge on any atom is -0.394 e. The molecule has 0 aliphatic heterocycles. The average Bonchev–Trinajstić information content (AvgIpc) is 3.17. The SMILES string of the molecule is Cn1cnc(-c2ccc(C(=O)NC3(CO)CCCC3)cc2)n1. The monoisotopic (exact) mass is 300 g/mol. The van der Waals surface area contributed by atoms with E-state index in [9.17, 15) is 9.90 Å². The maximum atomic E-state index is 12.4. The summed E-state index contributed by atoms with van der Waals surface area (Å²) in [5.41, 5.74) is 1.01. The third-order valence-corrected chi connectivity index (χ3v) is 4.25. The molecule has 1 aromatic carbocycles. The van der Waals surface area contributed by atoms with Gasteiger partial charge in [-0.1, -0.05) is 25.0 Å². The van der Waals surface area contributed by atoms with E-state index in [0.29, 0.717) is 11.4 Å². The first kappa shape index (κ1) is 14.7. The fourth-order valence-corrected chi connectivity index (χ4v) is 2.93. The second-order valence-electron chi connectivity index (χ2n) is 5.92. The third kappa shape index (κ3) is 2.87. The normalized spacial score (nSPS) is 16.6. The number of nitrogens with zero attached hydrogens (tertiary/aromatic N) is 3. The molecule has 1 saturated carbocycles. The fourth-order valence-electron chi connectivity index (χ4n) is 2.93. The molecule has 22 heavy (non-hydrogen) atoms. The molecular weight excluding hydrogens is 280 g/mol. The second kappa shape index (κ2) is 5.88. The number of aromatic nitrogens is 3. The number of rotatable bonds is 4. The third-order valence-electron chi connectivity index (χ3n) is 4.25. The van der Waals surface area contributed by atoms with Crippen LogP contribution in [0, 0.1) is 0 Å². The predicted octanol–water partition coefficient (Wildman–Crippen LogP) is 1.52. The summed E-state index contributed by atoms with van der Waals surface area (Å²) in [5, 5.41) is 16.8. The van der Waals surface area contributed by atoms with Gasteiger partial charge in [0.05, 0.1) is 12.1 Å². The van der Waals surface area contributed by atoms with Gasteiger partial charge in [-0.25, -0.2) is 4.98 Å². The molecule has 1 fully saturated rings. The molecule has 116 valence electrons.